The van der Waals surface area contributed by atoms with Gasteiger partial charge < -0.3 is 15.0 Å². The van der Waals surface area contributed by atoms with Crippen LogP contribution in [0.15, 0.2) is 56.9 Å². The molecule has 0 spiro atoms. The fourth-order valence-corrected chi connectivity index (χ4v) is 4.90. The van der Waals surface area contributed by atoms with E-state index in [0.717, 1.165) is 10.0 Å². The highest BCUT2D eigenvalue weighted by molar-refractivity contribution is 9.10. The lowest BCUT2D eigenvalue weighted by molar-refractivity contribution is -0.116. The van der Waals surface area contributed by atoms with Crippen molar-refractivity contribution >= 4 is 39.4 Å². The van der Waals surface area contributed by atoms with E-state index in [0.29, 0.717) is 28.0 Å². The van der Waals surface area contributed by atoms with Gasteiger partial charge in [0.15, 0.2) is 5.16 Å². The van der Waals surface area contributed by atoms with Crippen molar-refractivity contribution in [3.8, 4) is 5.75 Å². The van der Waals surface area contributed by atoms with Crippen LogP contribution in [0.25, 0.3) is 0 Å². The average Bonchev–Trinajstić information content (AvgIpc) is 2.72. The van der Waals surface area contributed by atoms with Crippen LogP contribution >= 0.6 is 27.7 Å². The van der Waals surface area contributed by atoms with Crippen LogP contribution < -0.4 is 15.6 Å². The highest BCUT2D eigenvalue weighted by Gasteiger charge is 2.32. The van der Waals surface area contributed by atoms with Crippen LogP contribution in [-0.2, 0) is 10.5 Å². The molecule has 0 bridgehead atoms. The number of methoxy groups -OCH3 is 1. The maximum atomic E-state index is 13.0. The van der Waals surface area contributed by atoms with Gasteiger partial charge in [0.1, 0.15) is 11.6 Å². The van der Waals surface area contributed by atoms with Gasteiger partial charge in [-0.2, -0.15) is 0 Å². The zero-order valence-corrected chi connectivity index (χ0v) is 18.9. The van der Waals surface area contributed by atoms with E-state index < -0.39 is 5.92 Å². The third-order valence-electron chi connectivity index (χ3n) is 5.12. The average molecular weight is 486 g/mol. The molecule has 1 aromatic heterocycles. The number of benzene rings is 2. The predicted octanol–water partition coefficient (Wildman–Crippen LogP) is 4.62. The number of aromatic nitrogens is 2. The van der Waals surface area contributed by atoms with Crippen LogP contribution in [-0.4, -0.2) is 23.0 Å². The van der Waals surface area contributed by atoms with E-state index in [2.05, 4.69) is 50.3 Å². The van der Waals surface area contributed by atoms with Crippen molar-refractivity contribution in [1.82, 2.24) is 9.97 Å². The van der Waals surface area contributed by atoms with Crippen molar-refractivity contribution in [3.63, 3.8) is 0 Å². The number of rotatable bonds is 5. The number of halogens is 1. The summed E-state index contributed by atoms with van der Waals surface area (Å²) in [7, 11) is 1.57. The number of aromatic amines is 1. The summed E-state index contributed by atoms with van der Waals surface area (Å²) in [6, 6.07) is 13.6. The molecule has 0 fully saturated rings. The van der Waals surface area contributed by atoms with Crippen molar-refractivity contribution in [2.45, 2.75) is 30.2 Å². The van der Waals surface area contributed by atoms with Crippen molar-refractivity contribution in [2.24, 2.45) is 0 Å². The second kappa shape index (κ2) is 8.65. The summed E-state index contributed by atoms with van der Waals surface area (Å²) in [4.78, 5) is 32.9. The molecule has 0 saturated heterocycles. The summed E-state index contributed by atoms with van der Waals surface area (Å²) in [6.45, 7) is 2.05. The van der Waals surface area contributed by atoms with Gasteiger partial charge in [-0.3, -0.25) is 9.59 Å². The lowest BCUT2D eigenvalue weighted by atomic mass is 9.86. The Morgan fingerprint density at radius 1 is 1.23 bits per heavy atom. The fraction of sp³-hybridized carbons (Fsp3) is 0.227. The number of hydrogen-bond acceptors (Lipinski definition) is 5. The molecule has 3 aromatic rings. The van der Waals surface area contributed by atoms with E-state index in [1.54, 1.807) is 7.11 Å². The molecule has 1 aliphatic heterocycles. The summed E-state index contributed by atoms with van der Waals surface area (Å²) >= 11 is 4.90. The van der Waals surface area contributed by atoms with Crippen molar-refractivity contribution < 1.29 is 9.53 Å². The Hall–Kier alpha value is -2.58. The summed E-state index contributed by atoms with van der Waals surface area (Å²) in [6.07, 6.45) is 0.153. The molecule has 154 valence electrons. The van der Waals surface area contributed by atoms with Crippen LogP contribution in [0.3, 0.4) is 0 Å². The Bertz CT molecular complexity index is 1180. The van der Waals surface area contributed by atoms with Gasteiger partial charge in [-0.25, -0.2) is 4.98 Å². The lowest BCUT2D eigenvalue weighted by Gasteiger charge is -2.26. The number of carbonyl (C=O) groups excluding carboxylic acids is 1. The third-order valence-corrected chi connectivity index (χ3v) is 6.54. The number of H-pyrrole nitrogens is 1. The first kappa shape index (κ1) is 20.7. The Morgan fingerprint density at radius 2 is 2.03 bits per heavy atom. The van der Waals surface area contributed by atoms with Crippen LogP contribution in [0.1, 0.15) is 34.6 Å². The molecular formula is C22H20BrN3O3S. The Morgan fingerprint density at radius 3 is 2.80 bits per heavy atom. The zero-order chi connectivity index (χ0) is 21.3. The molecule has 2 aromatic carbocycles. The molecule has 30 heavy (non-hydrogen) atoms. The van der Waals surface area contributed by atoms with E-state index in [1.165, 1.54) is 22.9 Å². The minimum atomic E-state index is -0.437. The van der Waals surface area contributed by atoms with E-state index in [4.69, 9.17) is 4.74 Å². The second-order valence-electron chi connectivity index (χ2n) is 7.04. The maximum absolute atomic E-state index is 13.0. The molecular weight excluding hydrogens is 466 g/mol. The highest BCUT2D eigenvalue weighted by Crippen LogP contribution is 2.39. The van der Waals surface area contributed by atoms with E-state index in [9.17, 15) is 9.59 Å². The van der Waals surface area contributed by atoms with Crippen molar-refractivity contribution in [2.75, 3.05) is 12.4 Å². The second-order valence-corrected chi connectivity index (χ2v) is 8.92. The molecule has 4 rings (SSSR count). The number of fused-ring (bicyclic) bond motifs is 1. The third kappa shape index (κ3) is 4.15. The standard InChI is InChI=1S/C22H20BrN3O3S/c1-12-5-3-4-6-13(12)11-30-22-25-20-19(21(28)26-22)16(10-18(27)24-20)15-9-14(23)7-8-17(15)29-2/h3-9,16H,10-11H2,1-2H3,(H2,24,25,26,27,28). The van der Waals surface area contributed by atoms with Crippen LogP contribution in [0.4, 0.5) is 5.82 Å². The summed E-state index contributed by atoms with van der Waals surface area (Å²) in [5, 5.41) is 3.24. The van der Waals surface area contributed by atoms with Gasteiger partial charge in [-0.05, 0) is 36.2 Å². The molecule has 8 heteroatoms. The molecule has 1 unspecified atom stereocenters. The van der Waals surface area contributed by atoms with Gasteiger partial charge in [0.2, 0.25) is 5.91 Å². The number of hydrogen-bond donors (Lipinski definition) is 2. The van der Waals surface area contributed by atoms with Gasteiger partial charge in [0, 0.05) is 28.1 Å². The SMILES string of the molecule is COc1ccc(Br)cc1C1CC(=O)Nc2nc(SCc3ccccc3C)[nH]c(=O)c21. The van der Waals surface area contributed by atoms with Gasteiger partial charge in [-0.15, -0.1) is 0 Å². The molecule has 2 N–H and O–H groups in total. The topological polar surface area (TPSA) is 84.1 Å². The molecule has 6 nitrogen and oxygen atoms in total. The number of ether oxygens (including phenoxy) is 1. The van der Waals surface area contributed by atoms with Gasteiger partial charge in [0.25, 0.3) is 5.56 Å². The maximum Gasteiger partial charge on any atom is 0.257 e. The number of carbonyl (C=O) groups is 1. The zero-order valence-electron chi connectivity index (χ0n) is 16.5. The van der Waals surface area contributed by atoms with E-state index in [-0.39, 0.29) is 17.9 Å². The van der Waals surface area contributed by atoms with Gasteiger partial charge in [0.05, 0.1) is 12.7 Å². The van der Waals surface area contributed by atoms with Crippen molar-refractivity contribution in [1.29, 1.82) is 0 Å². The Labute approximate surface area is 186 Å². The molecule has 1 aliphatic rings. The van der Waals surface area contributed by atoms with Crippen LogP contribution in [0.5, 0.6) is 5.75 Å². The predicted molar refractivity (Wildman–Crippen MR) is 121 cm³/mol. The molecule has 1 amide bonds. The first-order valence-electron chi connectivity index (χ1n) is 9.41. The first-order chi connectivity index (χ1) is 14.5. The summed E-state index contributed by atoms with van der Waals surface area (Å²) in [5.74, 6) is 0.997. The molecule has 2 heterocycles. The molecule has 0 radical (unpaired) electrons. The van der Waals surface area contributed by atoms with Gasteiger partial charge in [-0.1, -0.05) is 52.0 Å². The van der Waals surface area contributed by atoms with Crippen LogP contribution in [0.2, 0.25) is 0 Å². The molecule has 0 aliphatic carbocycles. The largest absolute Gasteiger partial charge is 0.496 e. The minimum absolute atomic E-state index is 0.153. The molecule has 0 saturated carbocycles. The smallest absolute Gasteiger partial charge is 0.257 e. The number of nitrogens with one attached hydrogen (secondary N) is 2. The number of amides is 1. The quantitative estimate of drug-likeness (QED) is 0.406. The first-order valence-corrected chi connectivity index (χ1v) is 11.2. The number of anilines is 1. The lowest BCUT2D eigenvalue weighted by Crippen LogP contribution is -2.31. The van der Waals surface area contributed by atoms with E-state index >= 15 is 0 Å². The molecule has 1 atom stereocenters. The Balaban J connectivity index is 1.71. The number of nitrogens with zero attached hydrogens (tertiary/aromatic N) is 1. The Kier molecular flexibility index (Phi) is 5.97. The van der Waals surface area contributed by atoms with Crippen molar-refractivity contribution in [3.05, 3.63) is 79.5 Å². The van der Waals surface area contributed by atoms with E-state index in [1.807, 2.05) is 30.3 Å². The normalized spacial score (nSPS) is 15.4. The highest BCUT2D eigenvalue weighted by atomic mass is 79.9. The number of aryl methyl sites for hydroxylation is 1. The monoisotopic (exact) mass is 485 g/mol. The van der Waals surface area contributed by atoms with Gasteiger partial charge >= 0.3 is 0 Å². The summed E-state index contributed by atoms with van der Waals surface area (Å²) < 4.78 is 6.32. The van der Waals surface area contributed by atoms with Crippen LogP contribution in [0, 0.1) is 6.92 Å². The fourth-order valence-electron chi connectivity index (χ4n) is 3.58. The number of thioether (sulfide) groups is 1. The summed E-state index contributed by atoms with van der Waals surface area (Å²) in [5.41, 5.74) is 3.32. The minimum Gasteiger partial charge on any atom is -0.496 e.